The highest BCUT2D eigenvalue weighted by atomic mass is 16.5. The number of anilines is 2. The molecule has 1 aliphatic heterocycles. The number of hydrogen-bond acceptors (Lipinski definition) is 4. The molecule has 1 aromatic rings. The first-order chi connectivity index (χ1) is 12.1. The third-order valence-corrected chi connectivity index (χ3v) is 5.74. The second-order valence-corrected chi connectivity index (χ2v) is 7.34. The van der Waals surface area contributed by atoms with Gasteiger partial charge in [-0.25, -0.2) is 0 Å². The van der Waals surface area contributed by atoms with Crippen molar-refractivity contribution in [3.05, 3.63) is 24.3 Å². The Morgan fingerprint density at radius 2 is 2.04 bits per heavy atom. The van der Waals surface area contributed by atoms with Gasteiger partial charge in [0.1, 0.15) is 6.54 Å². The van der Waals surface area contributed by atoms with E-state index in [0.29, 0.717) is 29.6 Å². The SMILES string of the molecule is O=C1CN(C(=O)COC(=O)C[C@@H]2C[C@@H]3CC[C@@H]2C3)c2ccccc2N1. The number of rotatable bonds is 4. The molecule has 2 saturated carbocycles. The van der Waals surface area contributed by atoms with Crippen molar-refractivity contribution in [2.45, 2.75) is 32.1 Å². The van der Waals surface area contributed by atoms with Gasteiger partial charge in [0.25, 0.3) is 5.91 Å². The molecule has 6 heteroatoms. The smallest absolute Gasteiger partial charge is 0.306 e. The summed E-state index contributed by atoms with van der Waals surface area (Å²) in [6, 6.07) is 7.11. The Kier molecular flexibility index (Phi) is 4.19. The second kappa shape index (κ2) is 6.50. The zero-order valence-corrected chi connectivity index (χ0v) is 14.1. The van der Waals surface area contributed by atoms with Crippen LogP contribution in [-0.4, -0.2) is 30.9 Å². The predicted molar refractivity (Wildman–Crippen MR) is 91.9 cm³/mol. The maximum atomic E-state index is 12.4. The molecule has 1 aromatic carbocycles. The van der Waals surface area contributed by atoms with E-state index in [2.05, 4.69) is 5.32 Å². The first-order valence-corrected chi connectivity index (χ1v) is 8.95. The minimum absolute atomic E-state index is 0.0558. The lowest BCUT2D eigenvalue weighted by atomic mass is 9.86. The molecule has 2 amide bonds. The van der Waals surface area contributed by atoms with Crippen LogP contribution in [0, 0.1) is 17.8 Å². The van der Waals surface area contributed by atoms with Crippen LogP contribution in [0.25, 0.3) is 0 Å². The van der Waals surface area contributed by atoms with Crippen LogP contribution in [0.5, 0.6) is 0 Å². The van der Waals surface area contributed by atoms with Crippen LogP contribution >= 0.6 is 0 Å². The van der Waals surface area contributed by atoms with Crippen LogP contribution in [-0.2, 0) is 19.1 Å². The summed E-state index contributed by atoms with van der Waals surface area (Å²) in [4.78, 5) is 37.7. The van der Waals surface area contributed by atoms with Gasteiger partial charge < -0.3 is 10.1 Å². The summed E-state index contributed by atoms with van der Waals surface area (Å²) in [6.07, 6.45) is 5.29. The van der Waals surface area contributed by atoms with Crippen molar-refractivity contribution in [1.29, 1.82) is 0 Å². The highest BCUT2D eigenvalue weighted by molar-refractivity contribution is 6.10. The summed E-state index contributed by atoms with van der Waals surface area (Å²) in [5, 5.41) is 2.73. The number of para-hydroxylation sites is 2. The molecule has 2 aliphatic carbocycles. The van der Waals surface area contributed by atoms with Crippen LogP contribution in [0.4, 0.5) is 11.4 Å². The number of hydrogen-bond donors (Lipinski definition) is 1. The highest BCUT2D eigenvalue weighted by Gasteiger charge is 2.40. The first-order valence-electron chi connectivity index (χ1n) is 8.95. The number of esters is 1. The number of amides is 2. The van der Waals surface area contributed by atoms with Crippen LogP contribution in [0.2, 0.25) is 0 Å². The minimum Gasteiger partial charge on any atom is -0.456 e. The fraction of sp³-hybridized carbons (Fsp3) is 0.526. The Balaban J connectivity index is 1.33. The summed E-state index contributed by atoms with van der Waals surface area (Å²) in [5.41, 5.74) is 1.23. The molecule has 0 aromatic heterocycles. The van der Waals surface area contributed by atoms with Gasteiger partial charge in [-0.05, 0) is 49.1 Å². The van der Waals surface area contributed by atoms with Crippen LogP contribution in [0.3, 0.4) is 0 Å². The summed E-state index contributed by atoms with van der Waals surface area (Å²) < 4.78 is 5.22. The maximum absolute atomic E-state index is 12.4. The van der Waals surface area contributed by atoms with Gasteiger partial charge in [-0.2, -0.15) is 0 Å². The summed E-state index contributed by atoms with van der Waals surface area (Å²) in [7, 11) is 0. The van der Waals surface area contributed by atoms with Crippen molar-refractivity contribution in [1.82, 2.24) is 0 Å². The number of benzene rings is 1. The van der Waals surface area contributed by atoms with E-state index in [-0.39, 0.29) is 30.9 Å². The Morgan fingerprint density at radius 3 is 2.80 bits per heavy atom. The predicted octanol–water partition coefficient (Wildman–Crippen LogP) is 2.34. The molecule has 1 N–H and O–H groups in total. The van der Waals surface area contributed by atoms with Crippen LogP contribution in [0.15, 0.2) is 24.3 Å². The molecule has 2 fully saturated rings. The number of nitrogens with zero attached hydrogens (tertiary/aromatic N) is 1. The average Bonchev–Trinajstić information content (AvgIpc) is 3.21. The van der Waals surface area contributed by atoms with E-state index in [4.69, 9.17) is 4.74 Å². The lowest BCUT2D eigenvalue weighted by molar-refractivity contribution is -0.149. The van der Waals surface area contributed by atoms with E-state index in [9.17, 15) is 14.4 Å². The average molecular weight is 342 g/mol. The van der Waals surface area contributed by atoms with Crippen molar-refractivity contribution in [2.75, 3.05) is 23.4 Å². The van der Waals surface area contributed by atoms with Crippen molar-refractivity contribution >= 4 is 29.2 Å². The number of carbonyl (C=O) groups is 3. The highest BCUT2D eigenvalue weighted by Crippen LogP contribution is 2.49. The van der Waals surface area contributed by atoms with Gasteiger partial charge in [0.2, 0.25) is 5.91 Å². The van der Waals surface area contributed by atoms with Gasteiger partial charge in [-0.1, -0.05) is 18.6 Å². The molecule has 4 rings (SSSR count). The Bertz CT molecular complexity index is 717. The molecule has 6 nitrogen and oxygen atoms in total. The molecule has 2 bridgehead atoms. The second-order valence-electron chi connectivity index (χ2n) is 7.34. The topological polar surface area (TPSA) is 75.7 Å². The lowest BCUT2D eigenvalue weighted by Gasteiger charge is -2.29. The zero-order chi connectivity index (χ0) is 17.4. The molecule has 0 radical (unpaired) electrons. The maximum Gasteiger partial charge on any atom is 0.306 e. The number of carbonyl (C=O) groups excluding carboxylic acids is 3. The fourth-order valence-electron chi connectivity index (χ4n) is 4.58. The molecule has 0 unspecified atom stereocenters. The lowest BCUT2D eigenvalue weighted by Crippen LogP contribution is -2.44. The molecule has 0 saturated heterocycles. The molecular weight excluding hydrogens is 320 g/mol. The number of ether oxygens (including phenoxy) is 1. The molecule has 25 heavy (non-hydrogen) atoms. The minimum atomic E-state index is -0.372. The van der Waals surface area contributed by atoms with Gasteiger partial charge in [0, 0.05) is 6.42 Å². The molecule has 0 spiro atoms. The third kappa shape index (κ3) is 3.25. The van der Waals surface area contributed by atoms with Gasteiger partial charge in [-0.3, -0.25) is 19.3 Å². The van der Waals surface area contributed by atoms with E-state index in [1.54, 1.807) is 24.3 Å². The Hall–Kier alpha value is -2.37. The molecule has 132 valence electrons. The fourth-order valence-corrected chi connectivity index (χ4v) is 4.58. The summed E-state index contributed by atoms with van der Waals surface area (Å²) in [5.74, 6) is 0.936. The van der Waals surface area contributed by atoms with Crippen LogP contribution < -0.4 is 10.2 Å². The molecule has 1 heterocycles. The molecule has 3 atom stereocenters. The van der Waals surface area contributed by atoms with Crippen molar-refractivity contribution < 1.29 is 19.1 Å². The molecular formula is C19H22N2O4. The van der Waals surface area contributed by atoms with E-state index in [1.165, 1.54) is 24.2 Å². The quantitative estimate of drug-likeness (QED) is 0.852. The van der Waals surface area contributed by atoms with E-state index < -0.39 is 0 Å². The third-order valence-electron chi connectivity index (χ3n) is 5.74. The molecule has 3 aliphatic rings. The normalized spacial score (nSPS) is 27.0. The first kappa shape index (κ1) is 16.1. The largest absolute Gasteiger partial charge is 0.456 e. The Labute approximate surface area is 146 Å². The van der Waals surface area contributed by atoms with Crippen molar-refractivity contribution in [3.63, 3.8) is 0 Å². The monoisotopic (exact) mass is 342 g/mol. The van der Waals surface area contributed by atoms with Gasteiger partial charge in [0.05, 0.1) is 11.4 Å². The van der Waals surface area contributed by atoms with E-state index in [0.717, 1.165) is 12.3 Å². The zero-order valence-electron chi connectivity index (χ0n) is 14.1. The standard InChI is InChI=1S/C19H22N2O4/c22-17-10-21(16-4-2-1-3-15(16)20-17)18(23)11-25-19(24)9-14-8-12-5-6-13(14)7-12/h1-4,12-14H,5-11H2,(H,20,22)/t12-,13-,14+/m1/s1. The van der Waals surface area contributed by atoms with Gasteiger partial charge in [-0.15, -0.1) is 0 Å². The summed E-state index contributed by atoms with van der Waals surface area (Å²) in [6.45, 7) is -0.374. The van der Waals surface area contributed by atoms with Crippen LogP contribution in [0.1, 0.15) is 32.1 Å². The van der Waals surface area contributed by atoms with E-state index >= 15 is 0 Å². The van der Waals surface area contributed by atoms with Gasteiger partial charge in [0.15, 0.2) is 6.61 Å². The van der Waals surface area contributed by atoms with Crippen molar-refractivity contribution in [2.24, 2.45) is 17.8 Å². The van der Waals surface area contributed by atoms with E-state index in [1.807, 2.05) is 0 Å². The Morgan fingerprint density at radius 1 is 1.20 bits per heavy atom. The number of nitrogens with one attached hydrogen (secondary N) is 1. The number of fused-ring (bicyclic) bond motifs is 3. The summed E-state index contributed by atoms with van der Waals surface area (Å²) >= 11 is 0. The van der Waals surface area contributed by atoms with Gasteiger partial charge >= 0.3 is 5.97 Å². The van der Waals surface area contributed by atoms with Crippen molar-refractivity contribution in [3.8, 4) is 0 Å².